The van der Waals surface area contributed by atoms with E-state index in [0.717, 1.165) is 5.56 Å². The fraction of sp³-hybridized carbons (Fsp3) is 0.273. The first-order valence-corrected chi connectivity index (χ1v) is 6.06. The summed E-state index contributed by atoms with van der Waals surface area (Å²) in [7, 11) is 3.18. The molecule has 0 aliphatic carbocycles. The van der Waals surface area contributed by atoms with Gasteiger partial charge in [-0.3, -0.25) is 0 Å². The number of ether oxygens (including phenoxy) is 2. The third-order valence-corrected chi connectivity index (χ3v) is 2.48. The second-order valence-electron chi connectivity index (χ2n) is 3.00. The molecule has 1 aromatic carbocycles. The third-order valence-electron chi connectivity index (χ3n) is 1.98. The number of nitrogens with zero attached hydrogens (tertiary/aromatic N) is 2. The Morgan fingerprint density at radius 2 is 2.00 bits per heavy atom. The summed E-state index contributed by atoms with van der Waals surface area (Å²) in [5.41, 5.74) is 6.35. The lowest BCUT2D eigenvalue weighted by atomic mass is 10.2. The summed E-state index contributed by atoms with van der Waals surface area (Å²) in [5, 5.41) is 8.07. The number of benzene rings is 1. The Morgan fingerprint density at radius 3 is 2.59 bits per heavy atom. The minimum Gasteiger partial charge on any atom is -0.493 e. The Balaban J connectivity index is 2.86. The van der Waals surface area contributed by atoms with E-state index in [9.17, 15) is 0 Å². The van der Waals surface area contributed by atoms with Gasteiger partial charge in [-0.05, 0) is 30.0 Å². The average Bonchev–Trinajstić information content (AvgIpc) is 2.38. The molecule has 0 amide bonds. The highest BCUT2D eigenvalue weighted by atomic mass is 32.2. The SMILES string of the molecule is COc1ccc(/C=N\N=C(/N)SC)cc1OC. The van der Waals surface area contributed by atoms with Crippen molar-refractivity contribution in [1.29, 1.82) is 0 Å². The van der Waals surface area contributed by atoms with Crippen LogP contribution in [0.15, 0.2) is 28.4 Å². The van der Waals surface area contributed by atoms with Crippen LogP contribution in [-0.2, 0) is 0 Å². The molecule has 92 valence electrons. The molecule has 5 nitrogen and oxygen atoms in total. The zero-order valence-corrected chi connectivity index (χ0v) is 10.8. The lowest BCUT2D eigenvalue weighted by Crippen LogP contribution is -2.03. The Morgan fingerprint density at radius 1 is 1.29 bits per heavy atom. The number of thioether (sulfide) groups is 1. The molecule has 0 unspecified atom stereocenters. The lowest BCUT2D eigenvalue weighted by molar-refractivity contribution is 0.355. The lowest BCUT2D eigenvalue weighted by Gasteiger charge is -2.07. The highest BCUT2D eigenvalue weighted by Gasteiger charge is 2.02. The zero-order valence-electron chi connectivity index (χ0n) is 10.0. The maximum atomic E-state index is 5.49. The van der Waals surface area contributed by atoms with Crippen LogP contribution in [0.5, 0.6) is 11.5 Å². The van der Waals surface area contributed by atoms with Crippen LogP contribution in [0.2, 0.25) is 0 Å². The predicted molar refractivity (Wildman–Crippen MR) is 72.3 cm³/mol. The van der Waals surface area contributed by atoms with Gasteiger partial charge in [-0.15, -0.1) is 5.10 Å². The van der Waals surface area contributed by atoms with Crippen molar-refractivity contribution in [3.8, 4) is 11.5 Å². The summed E-state index contributed by atoms with van der Waals surface area (Å²) in [6.07, 6.45) is 3.44. The van der Waals surface area contributed by atoms with Gasteiger partial charge in [0.2, 0.25) is 0 Å². The molecule has 1 rings (SSSR count). The van der Waals surface area contributed by atoms with Crippen molar-refractivity contribution in [2.75, 3.05) is 20.5 Å². The van der Waals surface area contributed by atoms with Gasteiger partial charge >= 0.3 is 0 Å². The van der Waals surface area contributed by atoms with Crippen LogP contribution in [0.3, 0.4) is 0 Å². The summed E-state index contributed by atoms with van der Waals surface area (Å²) in [6.45, 7) is 0. The first-order chi connectivity index (χ1) is 8.21. The first-order valence-electron chi connectivity index (χ1n) is 4.83. The second-order valence-corrected chi connectivity index (χ2v) is 3.83. The average molecular weight is 253 g/mol. The van der Waals surface area contributed by atoms with Gasteiger partial charge in [0.05, 0.1) is 20.4 Å². The molecule has 0 fully saturated rings. The molecule has 0 saturated carbocycles. The van der Waals surface area contributed by atoms with E-state index in [-0.39, 0.29) is 0 Å². The van der Waals surface area contributed by atoms with E-state index in [4.69, 9.17) is 15.2 Å². The van der Waals surface area contributed by atoms with Crippen molar-refractivity contribution >= 4 is 23.1 Å². The molecule has 0 atom stereocenters. The standard InChI is InChI=1S/C11H15N3O2S/c1-15-9-5-4-8(6-10(9)16-2)7-13-14-11(12)17-3/h4-7H,1-3H3,(H2,12,14)/b13-7-. The topological polar surface area (TPSA) is 69.2 Å². The third kappa shape index (κ3) is 3.99. The molecule has 0 bridgehead atoms. The second kappa shape index (κ2) is 6.80. The molecule has 6 heteroatoms. The van der Waals surface area contributed by atoms with Crippen LogP contribution in [0.4, 0.5) is 0 Å². The van der Waals surface area contributed by atoms with Gasteiger partial charge in [-0.2, -0.15) is 5.10 Å². The van der Waals surface area contributed by atoms with Gasteiger partial charge in [-0.25, -0.2) is 0 Å². The highest BCUT2D eigenvalue weighted by Crippen LogP contribution is 2.26. The minimum absolute atomic E-state index is 0.418. The van der Waals surface area contributed by atoms with E-state index in [0.29, 0.717) is 16.7 Å². The molecule has 0 aliphatic rings. The number of hydrogen-bond donors (Lipinski definition) is 1. The van der Waals surface area contributed by atoms with Crippen molar-refractivity contribution in [1.82, 2.24) is 0 Å². The molecule has 0 spiro atoms. The van der Waals surface area contributed by atoms with Crippen LogP contribution < -0.4 is 15.2 Å². The summed E-state index contributed by atoms with van der Waals surface area (Å²) in [4.78, 5) is 0. The van der Waals surface area contributed by atoms with Gasteiger partial charge in [-0.1, -0.05) is 11.8 Å². The van der Waals surface area contributed by atoms with Gasteiger partial charge in [0.1, 0.15) is 0 Å². The van der Waals surface area contributed by atoms with Crippen molar-refractivity contribution in [3.05, 3.63) is 23.8 Å². The number of rotatable bonds is 4. The summed E-state index contributed by atoms with van der Waals surface area (Å²) >= 11 is 1.34. The quantitative estimate of drug-likeness (QED) is 0.504. The van der Waals surface area contributed by atoms with Crippen molar-refractivity contribution in [3.63, 3.8) is 0 Å². The van der Waals surface area contributed by atoms with E-state index in [1.165, 1.54) is 11.8 Å². The molecular weight excluding hydrogens is 238 g/mol. The van der Waals surface area contributed by atoms with Crippen LogP contribution in [0.1, 0.15) is 5.56 Å². The van der Waals surface area contributed by atoms with Gasteiger partial charge in [0.25, 0.3) is 0 Å². The van der Waals surface area contributed by atoms with Gasteiger partial charge in [0, 0.05) is 0 Å². The molecule has 1 aromatic rings. The minimum atomic E-state index is 0.418. The molecule has 0 aliphatic heterocycles. The van der Waals surface area contributed by atoms with Gasteiger partial charge < -0.3 is 15.2 Å². The first kappa shape index (κ1) is 13.4. The fourth-order valence-corrected chi connectivity index (χ4v) is 1.26. The number of hydrogen-bond acceptors (Lipinski definition) is 5. The van der Waals surface area contributed by atoms with E-state index in [1.807, 2.05) is 24.5 Å². The summed E-state index contributed by atoms with van der Waals surface area (Å²) in [5.74, 6) is 1.33. The number of nitrogens with two attached hydrogens (primary N) is 1. The number of methoxy groups -OCH3 is 2. The van der Waals surface area contributed by atoms with Crippen molar-refractivity contribution in [2.24, 2.45) is 15.9 Å². The Labute approximate surface area is 105 Å². The molecule has 0 aromatic heterocycles. The Bertz CT molecular complexity index is 433. The highest BCUT2D eigenvalue weighted by molar-refractivity contribution is 8.13. The van der Waals surface area contributed by atoms with Crippen LogP contribution in [0.25, 0.3) is 0 Å². The molecular formula is C11H15N3O2S. The van der Waals surface area contributed by atoms with E-state index in [1.54, 1.807) is 20.4 Å². The van der Waals surface area contributed by atoms with E-state index < -0.39 is 0 Å². The normalized spacial score (nSPS) is 11.8. The monoisotopic (exact) mass is 253 g/mol. The van der Waals surface area contributed by atoms with Crippen molar-refractivity contribution in [2.45, 2.75) is 0 Å². The number of amidine groups is 1. The Kier molecular flexibility index (Phi) is 5.35. The van der Waals surface area contributed by atoms with E-state index in [2.05, 4.69) is 10.2 Å². The van der Waals surface area contributed by atoms with E-state index >= 15 is 0 Å². The van der Waals surface area contributed by atoms with Gasteiger partial charge in [0.15, 0.2) is 16.7 Å². The maximum absolute atomic E-state index is 5.49. The molecule has 2 N–H and O–H groups in total. The fourth-order valence-electron chi connectivity index (χ4n) is 1.13. The molecule has 17 heavy (non-hydrogen) atoms. The van der Waals surface area contributed by atoms with Crippen LogP contribution in [0, 0.1) is 0 Å². The van der Waals surface area contributed by atoms with Crippen LogP contribution >= 0.6 is 11.8 Å². The smallest absolute Gasteiger partial charge is 0.180 e. The maximum Gasteiger partial charge on any atom is 0.180 e. The zero-order chi connectivity index (χ0) is 12.7. The Hall–Kier alpha value is -1.69. The summed E-state index contributed by atoms with van der Waals surface area (Å²) < 4.78 is 10.3. The van der Waals surface area contributed by atoms with Crippen LogP contribution in [-0.4, -0.2) is 31.9 Å². The molecule has 0 radical (unpaired) electrons. The van der Waals surface area contributed by atoms with Crippen molar-refractivity contribution < 1.29 is 9.47 Å². The summed E-state index contributed by atoms with van der Waals surface area (Å²) in [6, 6.07) is 5.48. The predicted octanol–water partition coefficient (Wildman–Crippen LogP) is 1.72. The largest absolute Gasteiger partial charge is 0.493 e. The molecule has 0 saturated heterocycles. The molecule has 0 heterocycles.